The standard InChI is InChI=1S/C12H17N5O/c1-9-8-10(2)17(16-9)7-3-4-13-11-12(18)15-6-5-14-11/h5-6,8H,3-4,7H2,1-2H3,(H,13,14)(H,15,18). The van der Waals surface area contributed by atoms with E-state index < -0.39 is 0 Å². The number of nitrogens with one attached hydrogen (secondary N) is 2. The van der Waals surface area contributed by atoms with E-state index in [2.05, 4.69) is 26.4 Å². The molecule has 0 saturated carbocycles. The quantitative estimate of drug-likeness (QED) is 0.775. The summed E-state index contributed by atoms with van der Waals surface area (Å²) in [5.74, 6) is 0.367. The Morgan fingerprint density at radius 2 is 2.28 bits per heavy atom. The van der Waals surface area contributed by atoms with Crippen molar-refractivity contribution in [3.63, 3.8) is 0 Å². The third kappa shape index (κ3) is 2.97. The smallest absolute Gasteiger partial charge is 0.290 e. The van der Waals surface area contributed by atoms with Crippen LogP contribution in [0.4, 0.5) is 5.82 Å². The van der Waals surface area contributed by atoms with Crippen LogP contribution in [-0.4, -0.2) is 26.3 Å². The maximum absolute atomic E-state index is 11.3. The molecule has 0 radical (unpaired) electrons. The molecule has 0 fully saturated rings. The molecule has 0 aliphatic heterocycles. The van der Waals surface area contributed by atoms with Gasteiger partial charge in [0.25, 0.3) is 5.56 Å². The van der Waals surface area contributed by atoms with Gasteiger partial charge in [0.15, 0.2) is 5.82 Å². The van der Waals surface area contributed by atoms with Crippen LogP contribution in [0.1, 0.15) is 17.8 Å². The van der Waals surface area contributed by atoms with Gasteiger partial charge in [0, 0.05) is 31.2 Å². The summed E-state index contributed by atoms with van der Waals surface area (Å²) in [6.45, 7) is 5.54. The van der Waals surface area contributed by atoms with Crippen molar-refractivity contribution in [2.75, 3.05) is 11.9 Å². The highest BCUT2D eigenvalue weighted by Crippen LogP contribution is 2.02. The number of nitrogens with zero attached hydrogens (tertiary/aromatic N) is 3. The van der Waals surface area contributed by atoms with E-state index in [4.69, 9.17) is 0 Å². The van der Waals surface area contributed by atoms with Gasteiger partial charge >= 0.3 is 0 Å². The van der Waals surface area contributed by atoms with Crippen molar-refractivity contribution in [1.82, 2.24) is 19.7 Å². The molecule has 2 rings (SSSR count). The first kappa shape index (κ1) is 12.3. The molecular formula is C12H17N5O. The molecule has 0 saturated heterocycles. The van der Waals surface area contributed by atoms with E-state index in [1.165, 1.54) is 6.20 Å². The third-order valence-corrected chi connectivity index (χ3v) is 2.65. The topological polar surface area (TPSA) is 75.6 Å². The molecule has 18 heavy (non-hydrogen) atoms. The van der Waals surface area contributed by atoms with E-state index in [-0.39, 0.29) is 5.56 Å². The van der Waals surface area contributed by atoms with Gasteiger partial charge in [0.1, 0.15) is 0 Å². The lowest BCUT2D eigenvalue weighted by molar-refractivity contribution is 0.573. The van der Waals surface area contributed by atoms with E-state index in [1.54, 1.807) is 6.20 Å². The van der Waals surface area contributed by atoms with Crippen molar-refractivity contribution in [3.8, 4) is 0 Å². The Morgan fingerprint density at radius 3 is 2.94 bits per heavy atom. The predicted molar refractivity (Wildman–Crippen MR) is 69.7 cm³/mol. The van der Waals surface area contributed by atoms with Crippen molar-refractivity contribution < 1.29 is 0 Å². The highest BCUT2D eigenvalue weighted by Gasteiger charge is 2.01. The molecule has 2 aromatic heterocycles. The highest BCUT2D eigenvalue weighted by atomic mass is 16.1. The van der Waals surface area contributed by atoms with Crippen LogP contribution < -0.4 is 10.9 Å². The van der Waals surface area contributed by atoms with E-state index in [1.807, 2.05) is 18.5 Å². The second kappa shape index (κ2) is 5.48. The van der Waals surface area contributed by atoms with Gasteiger partial charge in [-0.1, -0.05) is 0 Å². The Hall–Kier alpha value is -2.11. The zero-order valence-corrected chi connectivity index (χ0v) is 10.6. The Kier molecular flexibility index (Phi) is 3.76. The average molecular weight is 247 g/mol. The number of anilines is 1. The average Bonchev–Trinajstić information content (AvgIpc) is 2.65. The first-order valence-electron chi connectivity index (χ1n) is 5.95. The molecule has 2 heterocycles. The van der Waals surface area contributed by atoms with Gasteiger partial charge in [-0.15, -0.1) is 0 Å². The molecule has 0 bridgehead atoms. The fourth-order valence-corrected chi connectivity index (χ4v) is 1.81. The van der Waals surface area contributed by atoms with Crippen LogP contribution >= 0.6 is 0 Å². The van der Waals surface area contributed by atoms with Crippen molar-refractivity contribution in [3.05, 3.63) is 40.2 Å². The lowest BCUT2D eigenvalue weighted by atomic mass is 10.4. The number of aromatic amines is 1. The molecular weight excluding hydrogens is 230 g/mol. The molecule has 0 unspecified atom stereocenters. The fraction of sp³-hybridized carbons (Fsp3) is 0.417. The van der Waals surface area contributed by atoms with Gasteiger partial charge in [-0.25, -0.2) is 4.98 Å². The first-order valence-corrected chi connectivity index (χ1v) is 5.95. The molecule has 2 aromatic rings. The summed E-state index contributed by atoms with van der Waals surface area (Å²) in [4.78, 5) is 17.9. The number of aromatic nitrogens is 4. The van der Waals surface area contributed by atoms with Crippen molar-refractivity contribution >= 4 is 5.82 Å². The summed E-state index contributed by atoms with van der Waals surface area (Å²) < 4.78 is 1.97. The van der Waals surface area contributed by atoms with Crippen LogP contribution in [0, 0.1) is 13.8 Å². The second-order valence-corrected chi connectivity index (χ2v) is 4.20. The van der Waals surface area contributed by atoms with Crippen molar-refractivity contribution in [2.45, 2.75) is 26.8 Å². The van der Waals surface area contributed by atoms with Crippen LogP contribution in [0.3, 0.4) is 0 Å². The molecule has 0 aromatic carbocycles. The summed E-state index contributed by atoms with van der Waals surface area (Å²) in [7, 11) is 0. The molecule has 96 valence electrons. The molecule has 0 spiro atoms. The molecule has 0 amide bonds. The lowest BCUT2D eigenvalue weighted by Crippen LogP contribution is -2.17. The predicted octanol–water partition coefficient (Wildman–Crippen LogP) is 1.09. The summed E-state index contributed by atoms with van der Waals surface area (Å²) in [6, 6.07) is 2.05. The lowest BCUT2D eigenvalue weighted by Gasteiger charge is -2.06. The SMILES string of the molecule is Cc1cc(C)n(CCCNc2ncc[nH]c2=O)n1. The summed E-state index contributed by atoms with van der Waals surface area (Å²) >= 11 is 0. The zero-order chi connectivity index (χ0) is 13.0. The van der Waals surface area contributed by atoms with Crippen molar-refractivity contribution in [1.29, 1.82) is 0 Å². The van der Waals surface area contributed by atoms with Crippen LogP contribution in [0.25, 0.3) is 0 Å². The van der Waals surface area contributed by atoms with E-state index in [0.29, 0.717) is 12.4 Å². The number of aryl methyl sites for hydroxylation is 3. The zero-order valence-electron chi connectivity index (χ0n) is 10.6. The van der Waals surface area contributed by atoms with Gasteiger partial charge in [0.2, 0.25) is 0 Å². The monoisotopic (exact) mass is 247 g/mol. The Balaban J connectivity index is 1.82. The maximum atomic E-state index is 11.3. The first-order chi connectivity index (χ1) is 8.66. The van der Waals surface area contributed by atoms with Gasteiger partial charge in [-0.05, 0) is 26.3 Å². The third-order valence-electron chi connectivity index (χ3n) is 2.65. The Morgan fingerprint density at radius 1 is 1.44 bits per heavy atom. The number of H-pyrrole nitrogens is 1. The summed E-state index contributed by atoms with van der Waals surface area (Å²) in [6.07, 6.45) is 3.96. The second-order valence-electron chi connectivity index (χ2n) is 4.20. The minimum atomic E-state index is -0.191. The van der Waals surface area contributed by atoms with Crippen LogP contribution in [0.5, 0.6) is 0 Å². The molecule has 0 aliphatic rings. The van der Waals surface area contributed by atoms with E-state index in [0.717, 1.165) is 24.4 Å². The number of rotatable bonds is 5. The van der Waals surface area contributed by atoms with Crippen LogP contribution in [0.15, 0.2) is 23.3 Å². The normalized spacial score (nSPS) is 10.6. The highest BCUT2D eigenvalue weighted by molar-refractivity contribution is 5.29. The molecule has 0 aliphatic carbocycles. The largest absolute Gasteiger partial charge is 0.365 e. The maximum Gasteiger partial charge on any atom is 0.290 e. The summed E-state index contributed by atoms with van der Waals surface area (Å²) in [5.41, 5.74) is 1.99. The molecule has 6 nitrogen and oxygen atoms in total. The van der Waals surface area contributed by atoms with Gasteiger partial charge in [-0.3, -0.25) is 9.48 Å². The molecule has 2 N–H and O–H groups in total. The molecule has 0 atom stereocenters. The van der Waals surface area contributed by atoms with E-state index >= 15 is 0 Å². The molecule has 6 heteroatoms. The van der Waals surface area contributed by atoms with Gasteiger partial charge < -0.3 is 10.3 Å². The summed E-state index contributed by atoms with van der Waals surface area (Å²) in [5, 5.41) is 7.39. The minimum Gasteiger partial charge on any atom is -0.365 e. The van der Waals surface area contributed by atoms with E-state index in [9.17, 15) is 4.79 Å². The van der Waals surface area contributed by atoms with Crippen molar-refractivity contribution in [2.24, 2.45) is 0 Å². The fourth-order valence-electron chi connectivity index (χ4n) is 1.81. The van der Waals surface area contributed by atoms with Crippen LogP contribution in [-0.2, 0) is 6.54 Å². The number of hydrogen-bond acceptors (Lipinski definition) is 4. The Bertz CT molecular complexity index is 572. The Labute approximate surface area is 105 Å². The minimum absolute atomic E-state index is 0.191. The van der Waals surface area contributed by atoms with Gasteiger partial charge in [-0.2, -0.15) is 5.10 Å². The van der Waals surface area contributed by atoms with Crippen LogP contribution in [0.2, 0.25) is 0 Å². The number of hydrogen-bond donors (Lipinski definition) is 2. The van der Waals surface area contributed by atoms with Gasteiger partial charge in [0.05, 0.1) is 5.69 Å².